The van der Waals surface area contributed by atoms with Crippen LogP contribution in [0.5, 0.6) is 0 Å². The first-order valence-electron chi connectivity index (χ1n) is 9.40. The van der Waals surface area contributed by atoms with Crippen molar-refractivity contribution in [3.05, 3.63) is 77.3 Å². The van der Waals surface area contributed by atoms with Gasteiger partial charge in [0.05, 0.1) is 21.2 Å². The third kappa shape index (κ3) is 3.31. The lowest BCUT2D eigenvalue weighted by molar-refractivity contribution is -0.118. The molecule has 4 aromatic rings. The Hall–Kier alpha value is -2.81. The highest BCUT2D eigenvalue weighted by molar-refractivity contribution is 8.15. The summed E-state index contributed by atoms with van der Waals surface area (Å²) in [4.78, 5) is 23.8. The highest BCUT2D eigenvalue weighted by Gasteiger charge is 2.33. The maximum Gasteiger partial charge on any atom is 0.286 e. The Bertz CT molecular complexity index is 1480. The molecule has 2 heterocycles. The first kappa shape index (κ1) is 20.1. The fourth-order valence-corrected chi connectivity index (χ4v) is 6.42. The maximum atomic E-state index is 13.6. The minimum atomic E-state index is -3.91. The molecule has 2 amide bonds. The lowest BCUT2D eigenvalue weighted by Crippen LogP contribution is -2.25. The van der Waals surface area contributed by atoms with E-state index >= 15 is 0 Å². The Kier molecular flexibility index (Phi) is 4.80. The third-order valence-corrected chi connectivity index (χ3v) is 8.24. The molecule has 156 valence electrons. The summed E-state index contributed by atoms with van der Waals surface area (Å²) in [7, 11) is -3.91. The number of imide groups is 1. The van der Waals surface area contributed by atoms with Gasteiger partial charge < -0.3 is 0 Å². The van der Waals surface area contributed by atoms with Crippen molar-refractivity contribution in [1.82, 2.24) is 9.29 Å². The Morgan fingerprint density at radius 2 is 1.65 bits per heavy atom. The monoisotopic (exact) mass is 470 g/mol. The van der Waals surface area contributed by atoms with Gasteiger partial charge in [0, 0.05) is 15.8 Å². The van der Waals surface area contributed by atoms with Crippen molar-refractivity contribution in [1.29, 1.82) is 0 Å². The average Bonchev–Trinajstić information content (AvgIpc) is 3.25. The SMILES string of the molecule is O=C1NC(=O)C(Cc2cccc3c2c2ccccc2n3S(=O)(=O)c2ccc(Cl)cc2)S1. The van der Waals surface area contributed by atoms with Crippen LogP contribution in [0, 0.1) is 0 Å². The largest absolute Gasteiger partial charge is 0.286 e. The number of nitrogens with one attached hydrogen (secondary N) is 1. The summed E-state index contributed by atoms with van der Waals surface area (Å²) in [6, 6.07) is 18.7. The summed E-state index contributed by atoms with van der Waals surface area (Å²) in [6.07, 6.45) is 0.314. The van der Waals surface area contributed by atoms with E-state index in [-0.39, 0.29) is 16.0 Å². The van der Waals surface area contributed by atoms with Crippen LogP contribution in [0.3, 0.4) is 0 Å². The molecule has 1 aliphatic rings. The van der Waals surface area contributed by atoms with Gasteiger partial charge in [0.2, 0.25) is 5.91 Å². The normalized spacial score (nSPS) is 16.9. The van der Waals surface area contributed by atoms with Crippen LogP contribution in [0.2, 0.25) is 5.02 Å². The van der Waals surface area contributed by atoms with Crippen LogP contribution in [0.15, 0.2) is 71.6 Å². The number of fused-ring (bicyclic) bond motifs is 3. The molecular formula is C22H15ClN2O4S2. The van der Waals surface area contributed by atoms with E-state index in [1.165, 1.54) is 16.1 Å². The number of nitrogens with zero attached hydrogens (tertiary/aromatic N) is 1. The zero-order chi connectivity index (χ0) is 21.8. The third-order valence-electron chi connectivity index (χ3n) is 5.26. The summed E-state index contributed by atoms with van der Waals surface area (Å²) in [5.41, 5.74) is 1.86. The van der Waals surface area contributed by atoms with Gasteiger partial charge in [-0.1, -0.05) is 53.7 Å². The second-order valence-corrected chi connectivity index (χ2v) is 10.5. The van der Waals surface area contributed by atoms with Crippen molar-refractivity contribution < 1.29 is 18.0 Å². The van der Waals surface area contributed by atoms with Crippen molar-refractivity contribution >= 4 is 66.3 Å². The number of thioether (sulfide) groups is 1. The average molecular weight is 471 g/mol. The second-order valence-electron chi connectivity index (χ2n) is 7.14. The highest BCUT2D eigenvalue weighted by Crippen LogP contribution is 2.36. The number of hydrogen-bond acceptors (Lipinski definition) is 5. The zero-order valence-corrected chi connectivity index (χ0v) is 18.3. The topological polar surface area (TPSA) is 85.2 Å². The van der Waals surface area contributed by atoms with Crippen LogP contribution in [0.4, 0.5) is 4.79 Å². The molecule has 0 spiro atoms. The van der Waals surface area contributed by atoms with E-state index < -0.39 is 15.3 Å². The van der Waals surface area contributed by atoms with Gasteiger partial charge in [-0.05, 0) is 48.4 Å². The molecule has 0 saturated carbocycles. The second kappa shape index (κ2) is 7.40. The number of benzene rings is 3. The van der Waals surface area contributed by atoms with Gasteiger partial charge in [0.1, 0.15) is 0 Å². The van der Waals surface area contributed by atoms with E-state index in [2.05, 4.69) is 5.32 Å². The number of para-hydroxylation sites is 1. The molecule has 1 atom stereocenters. The Balaban J connectivity index is 1.76. The number of carbonyl (C=O) groups is 2. The maximum absolute atomic E-state index is 13.6. The van der Waals surface area contributed by atoms with Crippen LogP contribution >= 0.6 is 23.4 Å². The predicted molar refractivity (Wildman–Crippen MR) is 122 cm³/mol. The zero-order valence-electron chi connectivity index (χ0n) is 15.9. The van der Waals surface area contributed by atoms with E-state index in [9.17, 15) is 18.0 Å². The van der Waals surface area contributed by atoms with Gasteiger partial charge in [0.25, 0.3) is 15.3 Å². The van der Waals surface area contributed by atoms with E-state index in [4.69, 9.17) is 11.6 Å². The first-order chi connectivity index (χ1) is 14.9. The van der Waals surface area contributed by atoms with E-state index in [1.54, 1.807) is 36.4 Å². The molecule has 1 N–H and O–H groups in total. The molecule has 1 unspecified atom stereocenters. The van der Waals surface area contributed by atoms with Crippen LogP contribution < -0.4 is 5.32 Å². The van der Waals surface area contributed by atoms with E-state index in [0.29, 0.717) is 22.5 Å². The number of aromatic nitrogens is 1. The summed E-state index contributed by atoms with van der Waals surface area (Å²) in [5.74, 6) is -0.329. The molecule has 0 aliphatic carbocycles. The van der Waals surface area contributed by atoms with Crippen molar-refractivity contribution in [2.24, 2.45) is 0 Å². The summed E-state index contributed by atoms with van der Waals surface area (Å²) < 4.78 is 28.5. The van der Waals surface area contributed by atoms with Crippen molar-refractivity contribution in [2.75, 3.05) is 0 Å². The fourth-order valence-electron chi connectivity index (χ4n) is 3.93. The summed E-state index contributed by atoms with van der Waals surface area (Å²) >= 11 is 6.90. The van der Waals surface area contributed by atoms with Gasteiger partial charge in [-0.25, -0.2) is 12.4 Å². The van der Waals surface area contributed by atoms with Crippen molar-refractivity contribution in [3.63, 3.8) is 0 Å². The Labute approximate surface area is 187 Å². The Morgan fingerprint density at radius 1 is 0.935 bits per heavy atom. The molecule has 1 saturated heterocycles. The number of amides is 2. The van der Waals surface area contributed by atoms with Crippen molar-refractivity contribution in [2.45, 2.75) is 16.6 Å². The van der Waals surface area contributed by atoms with Gasteiger partial charge in [-0.15, -0.1) is 0 Å². The van der Waals surface area contributed by atoms with Crippen molar-refractivity contribution in [3.8, 4) is 0 Å². The van der Waals surface area contributed by atoms with Gasteiger partial charge in [-0.2, -0.15) is 0 Å². The van der Waals surface area contributed by atoms with Gasteiger partial charge in [-0.3, -0.25) is 14.9 Å². The number of rotatable bonds is 4. The smallest absolute Gasteiger partial charge is 0.286 e. The molecule has 9 heteroatoms. The van der Waals surface area contributed by atoms with Crippen LogP contribution in [-0.4, -0.2) is 28.8 Å². The van der Waals surface area contributed by atoms with Gasteiger partial charge in [0.15, 0.2) is 0 Å². The molecule has 1 fully saturated rings. The molecule has 1 aromatic heterocycles. The molecule has 1 aliphatic heterocycles. The molecule has 6 nitrogen and oxygen atoms in total. The van der Waals surface area contributed by atoms with E-state index in [1.807, 2.05) is 18.2 Å². The number of halogens is 1. The quantitative estimate of drug-likeness (QED) is 0.472. The number of hydrogen-bond donors (Lipinski definition) is 1. The highest BCUT2D eigenvalue weighted by atomic mass is 35.5. The summed E-state index contributed by atoms with van der Waals surface area (Å²) in [5, 5.41) is 3.35. The molecular weight excluding hydrogens is 456 g/mol. The lowest BCUT2D eigenvalue weighted by Gasteiger charge is -2.10. The van der Waals surface area contributed by atoms with Crippen LogP contribution in [0.25, 0.3) is 21.8 Å². The Morgan fingerprint density at radius 3 is 2.35 bits per heavy atom. The molecule has 5 rings (SSSR count). The molecule has 0 radical (unpaired) electrons. The summed E-state index contributed by atoms with van der Waals surface area (Å²) in [6.45, 7) is 0. The predicted octanol–water partition coefficient (Wildman–Crippen LogP) is 4.58. The van der Waals surface area contributed by atoms with Crippen LogP contribution in [-0.2, 0) is 21.2 Å². The van der Waals surface area contributed by atoms with E-state index in [0.717, 1.165) is 28.1 Å². The first-order valence-corrected chi connectivity index (χ1v) is 12.1. The standard InChI is InChI=1S/C22H15ClN2O4S2/c23-14-8-10-15(11-9-14)31(28,29)25-17-6-2-1-5-16(17)20-13(4-3-7-18(20)25)12-19-21(26)24-22(27)30-19/h1-11,19H,12H2,(H,24,26,27). The minimum absolute atomic E-state index is 0.126. The molecule has 0 bridgehead atoms. The van der Waals surface area contributed by atoms with Gasteiger partial charge >= 0.3 is 0 Å². The molecule has 3 aromatic carbocycles. The lowest BCUT2D eigenvalue weighted by atomic mass is 10.0. The van der Waals surface area contributed by atoms with Crippen LogP contribution in [0.1, 0.15) is 5.56 Å². The minimum Gasteiger partial charge on any atom is -0.286 e. The number of carbonyl (C=O) groups excluding carboxylic acids is 2. The fraction of sp³-hybridized carbons (Fsp3) is 0.0909. The molecule has 31 heavy (non-hydrogen) atoms.